The predicted octanol–water partition coefficient (Wildman–Crippen LogP) is 2.16. The number of nitrogens with zero attached hydrogens (tertiary/aromatic N) is 1. The molecule has 4 heteroatoms. The summed E-state index contributed by atoms with van der Waals surface area (Å²) in [6.07, 6.45) is 3.68. The maximum absolute atomic E-state index is 9.37. The van der Waals surface area contributed by atoms with Crippen molar-refractivity contribution in [1.29, 1.82) is 0 Å². The summed E-state index contributed by atoms with van der Waals surface area (Å²) >= 11 is 0. The first kappa shape index (κ1) is 15.1. The summed E-state index contributed by atoms with van der Waals surface area (Å²) in [7, 11) is 0. The number of fused-ring (bicyclic) bond motifs is 1. The second kappa shape index (κ2) is 6.95. The largest absolute Gasteiger partial charge is 0.491 e. The Hall–Kier alpha value is -1.26. The summed E-state index contributed by atoms with van der Waals surface area (Å²) in [5, 5.41) is 9.37. The third-order valence-electron chi connectivity index (χ3n) is 4.16. The van der Waals surface area contributed by atoms with Crippen molar-refractivity contribution in [3.8, 4) is 5.75 Å². The average molecular weight is 278 g/mol. The topological polar surface area (TPSA) is 58.7 Å². The Bertz CT molecular complexity index is 419. The summed E-state index contributed by atoms with van der Waals surface area (Å²) in [6.45, 7) is 4.84. The second-order valence-electron chi connectivity index (χ2n) is 5.63. The van der Waals surface area contributed by atoms with E-state index in [9.17, 15) is 5.11 Å². The molecule has 1 aliphatic rings. The number of aliphatic hydroxyl groups is 1. The van der Waals surface area contributed by atoms with Crippen molar-refractivity contribution in [2.45, 2.75) is 38.1 Å². The van der Waals surface area contributed by atoms with Crippen LogP contribution in [0.2, 0.25) is 0 Å². The highest BCUT2D eigenvalue weighted by atomic mass is 16.5. The summed E-state index contributed by atoms with van der Waals surface area (Å²) in [6, 6.07) is 8.20. The minimum absolute atomic E-state index is 0.0587. The van der Waals surface area contributed by atoms with E-state index in [1.165, 1.54) is 5.69 Å². The SMILES string of the molecule is CCC(N)(CO)CCCN1CCCOc2ccccc21. The van der Waals surface area contributed by atoms with Gasteiger partial charge in [-0.05, 0) is 37.8 Å². The van der Waals surface area contributed by atoms with E-state index < -0.39 is 5.54 Å². The van der Waals surface area contributed by atoms with Gasteiger partial charge in [-0.3, -0.25) is 0 Å². The zero-order valence-electron chi connectivity index (χ0n) is 12.3. The normalized spacial score (nSPS) is 17.9. The van der Waals surface area contributed by atoms with Crippen LogP contribution < -0.4 is 15.4 Å². The first-order valence-corrected chi connectivity index (χ1v) is 7.55. The van der Waals surface area contributed by atoms with Crippen LogP contribution in [0.25, 0.3) is 0 Å². The highest BCUT2D eigenvalue weighted by Crippen LogP contribution is 2.30. The number of nitrogens with two attached hydrogens (primary N) is 1. The molecular weight excluding hydrogens is 252 g/mol. The van der Waals surface area contributed by atoms with Crippen molar-refractivity contribution in [2.75, 3.05) is 31.2 Å². The van der Waals surface area contributed by atoms with Crippen molar-refractivity contribution >= 4 is 5.69 Å². The van der Waals surface area contributed by atoms with Crippen molar-refractivity contribution in [3.63, 3.8) is 0 Å². The van der Waals surface area contributed by atoms with E-state index in [1.807, 2.05) is 25.1 Å². The van der Waals surface area contributed by atoms with E-state index in [1.54, 1.807) is 0 Å². The van der Waals surface area contributed by atoms with E-state index in [0.29, 0.717) is 0 Å². The van der Waals surface area contributed by atoms with Gasteiger partial charge in [0, 0.05) is 18.6 Å². The molecule has 0 radical (unpaired) electrons. The standard InChI is InChI=1S/C16H26N2O2/c1-2-16(17,13-19)9-5-10-18-11-6-12-20-15-8-4-3-7-14(15)18/h3-4,7-8,19H,2,5-6,9-13,17H2,1H3. The van der Waals surface area contributed by atoms with Crippen LogP contribution in [0.15, 0.2) is 24.3 Å². The maximum atomic E-state index is 9.37. The van der Waals surface area contributed by atoms with Crippen LogP contribution in [-0.4, -0.2) is 36.9 Å². The van der Waals surface area contributed by atoms with Crippen LogP contribution in [0, 0.1) is 0 Å². The lowest BCUT2D eigenvalue weighted by Gasteiger charge is -2.28. The molecule has 1 unspecified atom stereocenters. The van der Waals surface area contributed by atoms with E-state index in [0.717, 1.165) is 51.1 Å². The first-order chi connectivity index (χ1) is 9.68. The van der Waals surface area contributed by atoms with E-state index in [4.69, 9.17) is 10.5 Å². The van der Waals surface area contributed by atoms with Gasteiger partial charge < -0.3 is 20.5 Å². The van der Waals surface area contributed by atoms with Gasteiger partial charge in [0.15, 0.2) is 0 Å². The first-order valence-electron chi connectivity index (χ1n) is 7.55. The Labute approximate surface area is 121 Å². The lowest BCUT2D eigenvalue weighted by Crippen LogP contribution is -2.43. The van der Waals surface area contributed by atoms with E-state index >= 15 is 0 Å². The Kier molecular flexibility index (Phi) is 5.26. The van der Waals surface area contributed by atoms with E-state index in [2.05, 4.69) is 11.0 Å². The maximum Gasteiger partial charge on any atom is 0.142 e. The molecule has 2 rings (SSSR count). The average Bonchev–Trinajstić information content (AvgIpc) is 2.70. The highest BCUT2D eigenvalue weighted by Gasteiger charge is 2.22. The summed E-state index contributed by atoms with van der Waals surface area (Å²) in [4.78, 5) is 2.37. The monoisotopic (exact) mass is 278 g/mol. The number of benzene rings is 1. The molecule has 0 aliphatic carbocycles. The molecule has 0 fully saturated rings. The molecule has 1 aromatic carbocycles. The van der Waals surface area contributed by atoms with Gasteiger partial charge in [0.05, 0.1) is 18.9 Å². The van der Waals surface area contributed by atoms with Gasteiger partial charge in [0.2, 0.25) is 0 Å². The predicted molar refractivity (Wildman–Crippen MR) is 82.3 cm³/mol. The molecule has 0 aromatic heterocycles. The van der Waals surface area contributed by atoms with Gasteiger partial charge in [0.25, 0.3) is 0 Å². The molecule has 1 aliphatic heterocycles. The molecule has 1 aromatic rings. The van der Waals surface area contributed by atoms with Crippen LogP contribution in [0.3, 0.4) is 0 Å². The smallest absolute Gasteiger partial charge is 0.142 e. The number of rotatable bonds is 6. The molecule has 0 spiro atoms. The molecule has 0 amide bonds. The van der Waals surface area contributed by atoms with Crippen molar-refractivity contribution < 1.29 is 9.84 Å². The lowest BCUT2D eigenvalue weighted by molar-refractivity contribution is 0.180. The number of anilines is 1. The minimum Gasteiger partial charge on any atom is -0.491 e. The molecule has 0 saturated carbocycles. The summed E-state index contributed by atoms with van der Waals surface area (Å²) in [5.41, 5.74) is 6.89. The fraction of sp³-hybridized carbons (Fsp3) is 0.625. The Morgan fingerprint density at radius 3 is 2.95 bits per heavy atom. The number of para-hydroxylation sites is 2. The van der Waals surface area contributed by atoms with Crippen LogP contribution in [-0.2, 0) is 0 Å². The molecule has 20 heavy (non-hydrogen) atoms. The molecule has 0 bridgehead atoms. The Balaban J connectivity index is 1.96. The van der Waals surface area contributed by atoms with Gasteiger partial charge >= 0.3 is 0 Å². The number of ether oxygens (including phenoxy) is 1. The van der Waals surface area contributed by atoms with Gasteiger partial charge in [-0.1, -0.05) is 19.1 Å². The molecule has 1 heterocycles. The van der Waals surface area contributed by atoms with Crippen LogP contribution in [0.4, 0.5) is 5.69 Å². The van der Waals surface area contributed by atoms with Gasteiger partial charge in [-0.25, -0.2) is 0 Å². The van der Waals surface area contributed by atoms with Crippen LogP contribution in [0.5, 0.6) is 5.75 Å². The summed E-state index contributed by atoms with van der Waals surface area (Å²) < 4.78 is 5.76. The fourth-order valence-electron chi connectivity index (χ4n) is 2.62. The van der Waals surface area contributed by atoms with Gasteiger partial charge in [-0.15, -0.1) is 0 Å². The van der Waals surface area contributed by atoms with Crippen LogP contribution in [0.1, 0.15) is 32.6 Å². The Morgan fingerprint density at radius 1 is 1.40 bits per heavy atom. The zero-order valence-corrected chi connectivity index (χ0v) is 12.3. The van der Waals surface area contributed by atoms with E-state index in [-0.39, 0.29) is 6.61 Å². The number of aliphatic hydroxyl groups excluding tert-OH is 1. The van der Waals surface area contributed by atoms with Crippen molar-refractivity contribution in [3.05, 3.63) is 24.3 Å². The van der Waals surface area contributed by atoms with Gasteiger partial charge in [-0.2, -0.15) is 0 Å². The molecule has 4 nitrogen and oxygen atoms in total. The molecule has 0 saturated heterocycles. The third kappa shape index (κ3) is 3.64. The quantitative estimate of drug-likeness (QED) is 0.837. The fourth-order valence-corrected chi connectivity index (χ4v) is 2.62. The number of hydrogen-bond acceptors (Lipinski definition) is 4. The molecular formula is C16H26N2O2. The highest BCUT2D eigenvalue weighted by molar-refractivity contribution is 5.58. The summed E-state index contributed by atoms with van der Waals surface area (Å²) in [5.74, 6) is 0.974. The third-order valence-corrected chi connectivity index (χ3v) is 4.16. The van der Waals surface area contributed by atoms with Gasteiger partial charge in [0.1, 0.15) is 5.75 Å². The second-order valence-corrected chi connectivity index (χ2v) is 5.63. The zero-order chi connectivity index (χ0) is 14.4. The Morgan fingerprint density at radius 2 is 2.20 bits per heavy atom. The molecule has 1 atom stereocenters. The van der Waals surface area contributed by atoms with Crippen LogP contribution >= 0.6 is 0 Å². The minimum atomic E-state index is -0.429. The van der Waals surface area contributed by atoms with Crippen molar-refractivity contribution in [1.82, 2.24) is 0 Å². The lowest BCUT2D eigenvalue weighted by atomic mass is 9.92. The molecule has 112 valence electrons. The van der Waals surface area contributed by atoms with Crippen molar-refractivity contribution in [2.24, 2.45) is 5.73 Å². The molecule has 3 N–H and O–H groups in total. The number of hydrogen-bond donors (Lipinski definition) is 2.